The summed E-state index contributed by atoms with van der Waals surface area (Å²) in [7, 11) is 1.52. The lowest BCUT2D eigenvalue weighted by molar-refractivity contribution is 0.0696. The van der Waals surface area contributed by atoms with E-state index in [4.69, 9.17) is 14.8 Å². The monoisotopic (exact) mass is 270 g/mol. The molecule has 0 aliphatic rings. The first-order valence-corrected chi connectivity index (χ1v) is 5.63. The first-order chi connectivity index (χ1) is 9.52. The van der Waals surface area contributed by atoms with Crippen molar-refractivity contribution in [2.45, 2.75) is 0 Å². The topological polar surface area (TPSA) is 94.5 Å². The van der Waals surface area contributed by atoms with Crippen LogP contribution in [0.4, 0.5) is 5.69 Å². The largest absolute Gasteiger partial charge is 0.478 e. The van der Waals surface area contributed by atoms with Gasteiger partial charge in [-0.1, -0.05) is 6.07 Å². The molecular weight excluding hydrogens is 260 g/mol. The van der Waals surface area contributed by atoms with Gasteiger partial charge >= 0.3 is 5.97 Å². The van der Waals surface area contributed by atoms with Crippen LogP contribution in [0.25, 0.3) is 0 Å². The van der Waals surface area contributed by atoms with Crippen LogP contribution in [0.1, 0.15) is 26.5 Å². The highest BCUT2D eigenvalue weighted by molar-refractivity contribution is 6.05. The number of nitriles is 1. The number of furan rings is 1. The summed E-state index contributed by atoms with van der Waals surface area (Å²) in [6.45, 7) is 0. The molecule has 0 aliphatic heterocycles. The Bertz CT molecular complexity index is 712. The van der Waals surface area contributed by atoms with Crippen molar-refractivity contribution in [2.75, 3.05) is 11.9 Å². The number of benzene rings is 1. The Morgan fingerprint density at radius 2 is 2.10 bits per heavy atom. The Balaban J connectivity index is 2.27. The van der Waals surface area contributed by atoms with E-state index in [1.54, 1.807) is 24.3 Å². The Morgan fingerprint density at radius 1 is 1.35 bits per heavy atom. The summed E-state index contributed by atoms with van der Waals surface area (Å²) >= 11 is 0. The van der Waals surface area contributed by atoms with E-state index in [0.29, 0.717) is 11.3 Å². The quantitative estimate of drug-likeness (QED) is 0.921. The molecule has 0 spiro atoms. The first-order valence-electron chi connectivity index (χ1n) is 5.63. The molecule has 6 heteroatoms. The molecule has 1 N–H and O–H groups in total. The highest BCUT2D eigenvalue weighted by Gasteiger charge is 2.19. The molecule has 6 nitrogen and oxygen atoms in total. The van der Waals surface area contributed by atoms with Crippen molar-refractivity contribution in [1.29, 1.82) is 5.26 Å². The van der Waals surface area contributed by atoms with Crippen LogP contribution in [-0.4, -0.2) is 24.0 Å². The molecule has 0 radical (unpaired) electrons. The van der Waals surface area contributed by atoms with Gasteiger partial charge in [0, 0.05) is 18.8 Å². The number of aromatic carboxylic acids is 1. The summed E-state index contributed by atoms with van der Waals surface area (Å²) in [5, 5.41) is 17.6. The molecule has 100 valence electrons. The van der Waals surface area contributed by atoms with Crippen molar-refractivity contribution in [3.63, 3.8) is 0 Å². The number of hydrogen-bond acceptors (Lipinski definition) is 4. The minimum Gasteiger partial charge on any atom is -0.478 e. The molecule has 20 heavy (non-hydrogen) atoms. The van der Waals surface area contributed by atoms with E-state index >= 15 is 0 Å². The summed E-state index contributed by atoms with van der Waals surface area (Å²) in [6.07, 6.45) is 1.01. The Hall–Kier alpha value is -3.07. The molecule has 0 aliphatic carbocycles. The van der Waals surface area contributed by atoms with Gasteiger partial charge in [-0.25, -0.2) is 4.79 Å². The van der Waals surface area contributed by atoms with Crippen molar-refractivity contribution in [3.8, 4) is 6.07 Å². The smallest absolute Gasteiger partial charge is 0.338 e. The molecule has 2 aromatic rings. The third kappa shape index (κ3) is 2.52. The van der Waals surface area contributed by atoms with Crippen molar-refractivity contribution in [2.24, 2.45) is 0 Å². The van der Waals surface area contributed by atoms with Gasteiger partial charge in [0.25, 0.3) is 5.91 Å². The molecule has 0 atom stereocenters. The molecule has 0 saturated heterocycles. The van der Waals surface area contributed by atoms with Crippen LogP contribution in [-0.2, 0) is 0 Å². The lowest BCUT2D eigenvalue weighted by Crippen LogP contribution is -2.25. The van der Waals surface area contributed by atoms with Crippen LogP contribution in [0.2, 0.25) is 0 Å². The van der Waals surface area contributed by atoms with Crippen LogP contribution in [0.5, 0.6) is 0 Å². The number of rotatable bonds is 3. The minimum absolute atomic E-state index is 0.0766. The lowest BCUT2D eigenvalue weighted by Gasteiger charge is -2.15. The van der Waals surface area contributed by atoms with E-state index in [1.807, 2.05) is 6.07 Å². The summed E-state index contributed by atoms with van der Waals surface area (Å²) < 4.78 is 4.95. The highest BCUT2D eigenvalue weighted by Crippen LogP contribution is 2.18. The van der Waals surface area contributed by atoms with Crippen LogP contribution in [0, 0.1) is 11.3 Å². The fourth-order valence-corrected chi connectivity index (χ4v) is 1.63. The van der Waals surface area contributed by atoms with Gasteiger partial charge in [0.2, 0.25) is 0 Å². The molecular formula is C14H10N2O4. The molecule has 1 aromatic carbocycles. The van der Waals surface area contributed by atoms with Gasteiger partial charge in [-0.15, -0.1) is 0 Å². The Kier molecular flexibility index (Phi) is 3.53. The number of nitrogens with zero attached hydrogens (tertiary/aromatic N) is 2. The predicted molar refractivity (Wildman–Crippen MR) is 69.6 cm³/mol. The van der Waals surface area contributed by atoms with Gasteiger partial charge in [-0.2, -0.15) is 5.26 Å². The molecule has 1 amide bonds. The minimum atomic E-state index is -1.16. The second kappa shape index (κ2) is 5.28. The zero-order valence-corrected chi connectivity index (χ0v) is 10.5. The van der Waals surface area contributed by atoms with Crippen molar-refractivity contribution in [3.05, 3.63) is 53.5 Å². The zero-order chi connectivity index (χ0) is 14.7. The number of amides is 1. The fourth-order valence-electron chi connectivity index (χ4n) is 1.63. The summed E-state index contributed by atoms with van der Waals surface area (Å²) in [5.41, 5.74) is 0.850. The summed E-state index contributed by atoms with van der Waals surface area (Å²) in [4.78, 5) is 24.2. The number of anilines is 1. The van der Waals surface area contributed by atoms with Gasteiger partial charge < -0.3 is 14.4 Å². The molecule has 0 unspecified atom stereocenters. The molecule has 1 aromatic heterocycles. The third-order valence-corrected chi connectivity index (χ3v) is 2.72. The van der Waals surface area contributed by atoms with Crippen LogP contribution < -0.4 is 4.90 Å². The standard InChI is InChI=1S/C14H10N2O4/c1-16(11-4-2-3-9(5-11)7-15)13(17)12-6-10(8-20-12)14(18)19/h2-6,8H,1H3,(H,18,19). The maximum absolute atomic E-state index is 12.1. The van der Waals surface area contributed by atoms with Crippen molar-refractivity contribution >= 4 is 17.6 Å². The van der Waals surface area contributed by atoms with E-state index < -0.39 is 11.9 Å². The number of carbonyl (C=O) groups excluding carboxylic acids is 1. The van der Waals surface area contributed by atoms with Gasteiger partial charge in [-0.05, 0) is 18.2 Å². The van der Waals surface area contributed by atoms with Crippen LogP contribution in [0.15, 0.2) is 41.0 Å². The molecule has 0 bridgehead atoms. The van der Waals surface area contributed by atoms with Gasteiger partial charge in [0.15, 0.2) is 5.76 Å². The Morgan fingerprint density at radius 3 is 2.70 bits per heavy atom. The average Bonchev–Trinajstić information content (AvgIpc) is 2.95. The average molecular weight is 270 g/mol. The van der Waals surface area contributed by atoms with Crippen LogP contribution in [0.3, 0.4) is 0 Å². The summed E-state index contributed by atoms with van der Waals surface area (Å²) in [5.74, 6) is -1.73. The van der Waals surface area contributed by atoms with E-state index in [2.05, 4.69) is 0 Å². The highest BCUT2D eigenvalue weighted by atomic mass is 16.4. The second-order valence-electron chi connectivity index (χ2n) is 4.03. The number of carboxylic acid groups (broad SMARTS) is 1. The van der Waals surface area contributed by atoms with E-state index in [1.165, 1.54) is 11.9 Å². The number of carboxylic acids is 1. The lowest BCUT2D eigenvalue weighted by atomic mass is 10.2. The Labute approximate surface area is 114 Å². The van der Waals surface area contributed by atoms with Gasteiger partial charge in [0.1, 0.15) is 6.26 Å². The number of hydrogen-bond donors (Lipinski definition) is 1. The van der Waals surface area contributed by atoms with Crippen molar-refractivity contribution < 1.29 is 19.1 Å². The van der Waals surface area contributed by atoms with Gasteiger partial charge in [-0.3, -0.25) is 4.79 Å². The summed E-state index contributed by atoms with van der Waals surface area (Å²) in [6, 6.07) is 9.64. The first kappa shape index (κ1) is 13.4. The van der Waals surface area contributed by atoms with Crippen molar-refractivity contribution in [1.82, 2.24) is 0 Å². The SMILES string of the molecule is CN(C(=O)c1cc(C(=O)O)co1)c1cccc(C#N)c1. The molecule has 0 saturated carbocycles. The molecule has 0 fully saturated rings. The normalized spacial score (nSPS) is 9.80. The van der Waals surface area contributed by atoms with Crippen LogP contribution >= 0.6 is 0 Å². The maximum atomic E-state index is 12.1. The maximum Gasteiger partial charge on any atom is 0.338 e. The zero-order valence-electron chi connectivity index (χ0n) is 10.5. The van der Waals surface area contributed by atoms with E-state index in [9.17, 15) is 9.59 Å². The number of carbonyl (C=O) groups is 2. The molecule has 2 rings (SSSR count). The third-order valence-electron chi connectivity index (χ3n) is 2.72. The van der Waals surface area contributed by atoms with E-state index in [-0.39, 0.29) is 11.3 Å². The van der Waals surface area contributed by atoms with E-state index in [0.717, 1.165) is 12.3 Å². The van der Waals surface area contributed by atoms with Gasteiger partial charge in [0.05, 0.1) is 17.2 Å². The fraction of sp³-hybridized carbons (Fsp3) is 0.0714. The predicted octanol–water partition coefficient (Wildman–Crippen LogP) is 2.13. The second-order valence-corrected chi connectivity index (χ2v) is 4.03. The molecule has 1 heterocycles.